The van der Waals surface area contributed by atoms with E-state index in [1.165, 1.54) is 0 Å². The highest BCUT2D eigenvalue weighted by Crippen LogP contribution is 1.99. The number of nitrogens with two attached hydrogens (primary N) is 1. The molecule has 3 heteroatoms. The van der Waals surface area contributed by atoms with Gasteiger partial charge in [-0.25, -0.2) is 0 Å². The molecule has 82 valence electrons. The van der Waals surface area contributed by atoms with Gasteiger partial charge in [0, 0.05) is 20.2 Å². The molecule has 1 atom stereocenters. The van der Waals surface area contributed by atoms with Gasteiger partial charge in [0.2, 0.25) is 0 Å². The van der Waals surface area contributed by atoms with Crippen LogP contribution in [-0.4, -0.2) is 44.3 Å². The Bertz CT molecular complexity index is 161. The Kier molecular flexibility index (Phi) is 8.65. The molecule has 0 amide bonds. The minimum atomic E-state index is 0.159. The second-order valence-electron chi connectivity index (χ2n) is 3.36. The van der Waals surface area contributed by atoms with E-state index in [0.717, 1.165) is 32.5 Å². The van der Waals surface area contributed by atoms with E-state index in [2.05, 4.69) is 17.7 Å². The van der Waals surface area contributed by atoms with Crippen LogP contribution in [0.25, 0.3) is 0 Å². The molecule has 0 aromatic rings. The van der Waals surface area contributed by atoms with Gasteiger partial charge in [0.15, 0.2) is 0 Å². The lowest BCUT2D eigenvalue weighted by Gasteiger charge is -2.21. The van der Waals surface area contributed by atoms with Crippen LogP contribution in [0, 0.1) is 12.3 Å². The van der Waals surface area contributed by atoms with Crippen molar-refractivity contribution in [1.29, 1.82) is 0 Å². The van der Waals surface area contributed by atoms with Crippen LogP contribution in [0.1, 0.15) is 19.8 Å². The summed E-state index contributed by atoms with van der Waals surface area (Å²) in [5.41, 5.74) is 5.53. The van der Waals surface area contributed by atoms with Crippen molar-refractivity contribution in [3.63, 3.8) is 0 Å². The topological polar surface area (TPSA) is 38.5 Å². The summed E-state index contributed by atoms with van der Waals surface area (Å²) >= 11 is 0. The van der Waals surface area contributed by atoms with Gasteiger partial charge in [-0.2, -0.15) is 0 Å². The maximum Gasteiger partial charge on any atom is 0.0705 e. The van der Waals surface area contributed by atoms with E-state index in [1.807, 2.05) is 0 Å². The van der Waals surface area contributed by atoms with Gasteiger partial charge >= 0.3 is 0 Å². The van der Waals surface area contributed by atoms with Crippen LogP contribution in [0.5, 0.6) is 0 Å². The zero-order valence-corrected chi connectivity index (χ0v) is 9.33. The first kappa shape index (κ1) is 13.4. The predicted molar refractivity (Wildman–Crippen MR) is 60.0 cm³/mol. The fraction of sp³-hybridized carbons (Fsp3) is 0.818. The first-order valence-electron chi connectivity index (χ1n) is 5.17. The highest BCUT2D eigenvalue weighted by Gasteiger charge is 2.07. The van der Waals surface area contributed by atoms with Gasteiger partial charge in [0.25, 0.3) is 0 Å². The normalized spacial score (nSPS) is 12.8. The fourth-order valence-corrected chi connectivity index (χ4v) is 1.37. The maximum absolute atomic E-state index is 5.53. The summed E-state index contributed by atoms with van der Waals surface area (Å²) in [6.07, 6.45) is 7.52. The van der Waals surface area contributed by atoms with Crippen molar-refractivity contribution in [3.05, 3.63) is 0 Å². The van der Waals surface area contributed by atoms with Crippen molar-refractivity contribution < 1.29 is 4.74 Å². The summed E-state index contributed by atoms with van der Waals surface area (Å²) in [5.74, 6) is 2.67. The lowest BCUT2D eigenvalue weighted by Crippen LogP contribution is -2.31. The van der Waals surface area contributed by atoms with Crippen molar-refractivity contribution in [2.45, 2.75) is 25.9 Å². The van der Waals surface area contributed by atoms with Crippen LogP contribution >= 0.6 is 0 Å². The molecule has 3 nitrogen and oxygen atoms in total. The van der Waals surface area contributed by atoms with Gasteiger partial charge in [0.1, 0.15) is 0 Å². The van der Waals surface area contributed by atoms with Crippen molar-refractivity contribution >= 4 is 0 Å². The molecular weight excluding hydrogens is 176 g/mol. The molecule has 0 rings (SSSR count). The first-order chi connectivity index (χ1) is 6.78. The average molecular weight is 198 g/mol. The molecule has 0 spiro atoms. The highest BCUT2D eigenvalue weighted by atomic mass is 16.5. The van der Waals surface area contributed by atoms with E-state index in [-0.39, 0.29) is 6.10 Å². The summed E-state index contributed by atoms with van der Waals surface area (Å²) in [6, 6.07) is 0. The number of rotatable bonds is 8. The minimum absolute atomic E-state index is 0.159. The zero-order valence-electron chi connectivity index (χ0n) is 9.33. The minimum Gasteiger partial charge on any atom is -0.380 e. The zero-order chi connectivity index (χ0) is 10.8. The lowest BCUT2D eigenvalue weighted by molar-refractivity contribution is 0.0912. The lowest BCUT2D eigenvalue weighted by atomic mass is 10.2. The Balaban J connectivity index is 3.74. The molecule has 0 aliphatic rings. The Morgan fingerprint density at radius 2 is 2.21 bits per heavy atom. The number of hydrogen-bond acceptors (Lipinski definition) is 3. The van der Waals surface area contributed by atoms with Gasteiger partial charge < -0.3 is 10.5 Å². The van der Waals surface area contributed by atoms with E-state index in [1.54, 1.807) is 7.11 Å². The van der Waals surface area contributed by atoms with Crippen LogP contribution in [0.15, 0.2) is 0 Å². The molecule has 0 aliphatic carbocycles. The van der Waals surface area contributed by atoms with E-state index in [0.29, 0.717) is 6.54 Å². The third-order valence-electron chi connectivity index (χ3n) is 2.22. The van der Waals surface area contributed by atoms with Crippen LogP contribution < -0.4 is 5.73 Å². The summed E-state index contributed by atoms with van der Waals surface area (Å²) in [7, 11) is 1.70. The van der Waals surface area contributed by atoms with Crippen LogP contribution in [0.4, 0.5) is 0 Å². The number of terminal acetylenes is 1. The Labute approximate surface area is 87.6 Å². The number of hydrogen-bond donors (Lipinski definition) is 1. The van der Waals surface area contributed by atoms with Gasteiger partial charge in [-0.15, -0.1) is 6.42 Å². The standard InChI is InChI=1S/C11H22N2O/c1-4-7-13(8-5-2)9-6-11(10-12)14-3/h1,11H,5-10,12H2,2-3H3. The number of ether oxygens (including phenoxy) is 1. The summed E-state index contributed by atoms with van der Waals surface area (Å²) in [5, 5.41) is 0. The molecule has 0 radical (unpaired) electrons. The van der Waals surface area contributed by atoms with Gasteiger partial charge in [-0.3, -0.25) is 4.90 Å². The highest BCUT2D eigenvalue weighted by molar-refractivity contribution is 4.88. The second-order valence-corrected chi connectivity index (χ2v) is 3.36. The Morgan fingerprint density at radius 1 is 1.50 bits per heavy atom. The molecule has 14 heavy (non-hydrogen) atoms. The van der Waals surface area contributed by atoms with Gasteiger partial charge in [-0.1, -0.05) is 12.8 Å². The largest absolute Gasteiger partial charge is 0.380 e. The van der Waals surface area contributed by atoms with E-state index in [9.17, 15) is 0 Å². The molecule has 0 bridgehead atoms. The maximum atomic E-state index is 5.53. The van der Waals surface area contributed by atoms with Crippen molar-refractivity contribution in [2.24, 2.45) is 5.73 Å². The van der Waals surface area contributed by atoms with Gasteiger partial charge in [-0.05, 0) is 19.4 Å². The first-order valence-corrected chi connectivity index (χ1v) is 5.17. The van der Waals surface area contributed by atoms with Crippen LogP contribution in [-0.2, 0) is 4.74 Å². The molecule has 0 aromatic carbocycles. The quantitative estimate of drug-likeness (QED) is 0.583. The van der Waals surface area contributed by atoms with Crippen LogP contribution in [0.2, 0.25) is 0 Å². The summed E-state index contributed by atoms with van der Waals surface area (Å²) in [6.45, 7) is 5.46. The van der Waals surface area contributed by atoms with Crippen molar-refractivity contribution in [1.82, 2.24) is 4.90 Å². The monoisotopic (exact) mass is 198 g/mol. The fourth-order valence-electron chi connectivity index (χ4n) is 1.37. The SMILES string of the molecule is C#CCN(CCC)CCC(CN)OC. The average Bonchev–Trinajstić information content (AvgIpc) is 2.20. The summed E-state index contributed by atoms with van der Waals surface area (Å²) in [4.78, 5) is 2.25. The van der Waals surface area contributed by atoms with E-state index < -0.39 is 0 Å². The molecule has 0 aromatic heterocycles. The molecule has 0 saturated carbocycles. The Morgan fingerprint density at radius 3 is 2.64 bits per heavy atom. The Hall–Kier alpha value is -0.560. The number of nitrogens with zero attached hydrogens (tertiary/aromatic N) is 1. The predicted octanol–water partition coefficient (Wildman–Crippen LogP) is 0.695. The number of methoxy groups -OCH3 is 1. The van der Waals surface area contributed by atoms with Gasteiger partial charge in [0.05, 0.1) is 12.6 Å². The molecule has 0 aliphatic heterocycles. The summed E-state index contributed by atoms with van der Waals surface area (Å²) < 4.78 is 5.20. The molecule has 0 saturated heterocycles. The second kappa shape index (κ2) is 9.01. The third kappa shape index (κ3) is 5.98. The third-order valence-corrected chi connectivity index (χ3v) is 2.22. The van der Waals surface area contributed by atoms with E-state index >= 15 is 0 Å². The molecule has 2 N–H and O–H groups in total. The van der Waals surface area contributed by atoms with E-state index in [4.69, 9.17) is 16.9 Å². The molecule has 1 unspecified atom stereocenters. The van der Waals surface area contributed by atoms with Crippen LogP contribution in [0.3, 0.4) is 0 Å². The molecule has 0 fully saturated rings. The van der Waals surface area contributed by atoms with Crippen molar-refractivity contribution in [2.75, 3.05) is 33.3 Å². The molecular formula is C11H22N2O. The van der Waals surface area contributed by atoms with Crippen molar-refractivity contribution in [3.8, 4) is 12.3 Å². The molecule has 0 heterocycles. The smallest absolute Gasteiger partial charge is 0.0705 e.